The highest BCUT2D eigenvalue weighted by molar-refractivity contribution is 5.50. The van der Waals surface area contributed by atoms with E-state index in [1.165, 1.54) is 75.3 Å². The molecule has 2 aliphatic rings. The summed E-state index contributed by atoms with van der Waals surface area (Å²) in [7, 11) is 0. The molecule has 4 N–H and O–H groups in total. The lowest BCUT2D eigenvalue weighted by Gasteiger charge is -2.50. The Labute approximate surface area is 164 Å². The molecule has 0 saturated heterocycles. The fraction of sp³-hybridized carbons (Fsp3) is 0.520. The van der Waals surface area contributed by atoms with Crippen LogP contribution in [0.25, 0.3) is 0 Å². The SMILES string of the molecule is Nc1ccc(C(c2ccc(N)cc2)(C2CCCCC2)C2CCCCC2)cc1. The largest absolute Gasteiger partial charge is 0.399 e. The predicted molar refractivity (Wildman–Crippen MR) is 116 cm³/mol. The van der Waals surface area contributed by atoms with Crippen LogP contribution in [-0.2, 0) is 5.41 Å². The maximum absolute atomic E-state index is 6.07. The third-order valence-electron chi connectivity index (χ3n) is 7.27. The van der Waals surface area contributed by atoms with Crippen LogP contribution in [0.3, 0.4) is 0 Å². The second kappa shape index (κ2) is 7.96. The highest BCUT2D eigenvalue weighted by atomic mass is 14.6. The predicted octanol–water partition coefficient (Wildman–Crippen LogP) is 6.30. The maximum atomic E-state index is 6.07. The Morgan fingerprint density at radius 1 is 0.519 bits per heavy atom. The lowest BCUT2D eigenvalue weighted by molar-refractivity contribution is 0.134. The van der Waals surface area contributed by atoms with E-state index in [-0.39, 0.29) is 5.41 Å². The minimum atomic E-state index is 0.0994. The number of nitrogens with two attached hydrogens (primary N) is 2. The Bertz CT molecular complexity index is 654. The van der Waals surface area contributed by atoms with Gasteiger partial charge in [0, 0.05) is 16.8 Å². The average Bonchev–Trinajstić information content (AvgIpc) is 2.73. The second-order valence-corrected chi connectivity index (χ2v) is 8.78. The van der Waals surface area contributed by atoms with Crippen molar-refractivity contribution in [2.75, 3.05) is 11.5 Å². The van der Waals surface area contributed by atoms with E-state index in [1.54, 1.807) is 0 Å². The van der Waals surface area contributed by atoms with Crippen LogP contribution in [-0.4, -0.2) is 0 Å². The topological polar surface area (TPSA) is 52.0 Å². The van der Waals surface area contributed by atoms with Gasteiger partial charge in [-0.2, -0.15) is 0 Å². The van der Waals surface area contributed by atoms with E-state index in [4.69, 9.17) is 11.5 Å². The Morgan fingerprint density at radius 3 is 1.19 bits per heavy atom. The molecule has 0 amide bonds. The highest BCUT2D eigenvalue weighted by Crippen LogP contribution is 2.54. The quantitative estimate of drug-likeness (QED) is 0.627. The summed E-state index contributed by atoms with van der Waals surface area (Å²) >= 11 is 0. The summed E-state index contributed by atoms with van der Waals surface area (Å²) in [5, 5.41) is 0. The Morgan fingerprint density at radius 2 is 0.852 bits per heavy atom. The van der Waals surface area contributed by atoms with Gasteiger partial charge in [0.05, 0.1) is 0 Å². The van der Waals surface area contributed by atoms with Crippen molar-refractivity contribution < 1.29 is 0 Å². The van der Waals surface area contributed by atoms with Crippen molar-refractivity contribution in [1.29, 1.82) is 0 Å². The molecule has 4 rings (SSSR count). The molecule has 0 spiro atoms. The van der Waals surface area contributed by atoms with Crippen molar-refractivity contribution in [2.45, 2.75) is 69.6 Å². The molecule has 2 aromatic rings. The van der Waals surface area contributed by atoms with E-state index < -0.39 is 0 Å². The van der Waals surface area contributed by atoms with Gasteiger partial charge in [0.15, 0.2) is 0 Å². The zero-order valence-corrected chi connectivity index (χ0v) is 16.5. The summed E-state index contributed by atoms with van der Waals surface area (Å²) < 4.78 is 0. The number of benzene rings is 2. The van der Waals surface area contributed by atoms with Crippen molar-refractivity contribution in [3.05, 3.63) is 59.7 Å². The van der Waals surface area contributed by atoms with Crippen LogP contribution >= 0.6 is 0 Å². The number of rotatable bonds is 4. The van der Waals surface area contributed by atoms with Crippen molar-refractivity contribution in [1.82, 2.24) is 0 Å². The monoisotopic (exact) mass is 362 g/mol. The van der Waals surface area contributed by atoms with Gasteiger partial charge in [0.2, 0.25) is 0 Å². The summed E-state index contributed by atoms with van der Waals surface area (Å²) in [6, 6.07) is 17.7. The minimum absolute atomic E-state index is 0.0994. The minimum Gasteiger partial charge on any atom is -0.399 e. The van der Waals surface area contributed by atoms with Crippen LogP contribution in [0.15, 0.2) is 48.5 Å². The van der Waals surface area contributed by atoms with Gasteiger partial charge in [0.25, 0.3) is 0 Å². The van der Waals surface area contributed by atoms with E-state index in [0.29, 0.717) is 11.8 Å². The fourth-order valence-electron chi connectivity index (χ4n) is 6.08. The molecule has 0 aliphatic heterocycles. The summed E-state index contributed by atoms with van der Waals surface area (Å²) in [6.07, 6.45) is 13.6. The molecular formula is C25H34N2. The van der Waals surface area contributed by atoms with Gasteiger partial charge in [0.1, 0.15) is 0 Å². The fourth-order valence-corrected chi connectivity index (χ4v) is 6.08. The van der Waals surface area contributed by atoms with E-state index in [9.17, 15) is 0 Å². The van der Waals surface area contributed by atoms with Crippen molar-refractivity contribution in [2.24, 2.45) is 11.8 Å². The van der Waals surface area contributed by atoms with Crippen LogP contribution in [0.2, 0.25) is 0 Å². The summed E-state index contributed by atoms with van der Waals surface area (Å²) in [6.45, 7) is 0. The normalized spacial score (nSPS) is 19.9. The molecule has 2 saturated carbocycles. The molecule has 2 aromatic carbocycles. The van der Waals surface area contributed by atoms with Gasteiger partial charge in [-0.3, -0.25) is 0 Å². The standard InChI is InChI=1S/C25H34N2/c26-23-15-11-21(12-16-23)25(19-7-3-1-4-8-19,20-9-5-2-6-10-20)22-13-17-24(27)18-14-22/h11-20H,1-10,26-27H2. The van der Waals surface area contributed by atoms with Crippen LogP contribution in [0.4, 0.5) is 11.4 Å². The molecule has 0 atom stereocenters. The van der Waals surface area contributed by atoms with Gasteiger partial charge in [-0.1, -0.05) is 62.8 Å². The van der Waals surface area contributed by atoms with Crippen LogP contribution in [0, 0.1) is 11.8 Å². The maximum Gasteiger partial charge on any atom is 0.0314 e. The molecule has 2 heteroatoms. The molecule has 27 heavy (non-hydrogen) atoms. The van der Waals surface area contributed by atoms with Gasteiger partial charge in [-0.15, -0.1) is 0 Å². The molecule has 0 unspecified atom stereocenters. The third kappa shape index (κ3) is 3.47. The van der Waals surface area contributed by atoms with Crippen LogP contribution in [0.1, 0.15) is 75.3 Å². The smallest absolute Gasteiger partial charge is 0.0314 e. The zero-order valence-electron chi connectivity index (χ0n) is 16.5. The first-order chi connectivity index (χ1) is 13.2. The molecule has 2 nitrogen and oxygen atoms in total. The van der Waals surface area contributed by atoms with Crippen molar-refractivity contribution >= 4 is 11.4 Å². The molecule has 0 heterocycles. The molecule has 2 aliphatic carbocycles. The van der Waals surface area contributed by atoms with E-state index >= 15 is 0 Å². The van der Waals surface area contributed by atoms with Crippen LogP contribution in [0.5, 0.6) is 0 Å². The lowest BCUT2D eigenvalue weighted by Crippen LogP contribution is -2.45. The van der Waals surface area contributed by atoms with Gasteiger partial charge < -0.3 is 11.5 Å². The molecular weight excluding hydrogens is 328 g/mol. The highest BCUT2D eigenvalue weighted by Gasteiger charge is 2.48. The van der Waals surface area contributed by atoms with Gasteiger partial charge >= 0.3 is 0 Å². The number of nitrogen functional groups attached to an aromatic ring is 2. The molecule has 0 aromatic heterocycles. The van der Waals surface area contributed by atoms with Gasteiger partial charge in [-0.05, 0) is 72.9 Å². The second-order valence-electron chi connectivity index (χ2n) is 8.78. The van der Waals surface area contributed by atoms with Crippen molar-refractivity contribution in [3.63, 3.8) is 0 Å². The van der Waals surface area contributed by atoms with Gasteiger partial charge in [-0.25, -0.2) is 0 Å². The van der Waals surface area contributed by atoms with E-state index in [0.717, 1.165) is 11.4 Å². The number of hydrogen-bond acceptors (Lipinski definition) is 2. The zero-order chi connectivity index (χ0) is 18.7. The van der Waals surface area contributed by atoms with E-state index in [1.807, 2.05) is 0 Å². The third-order valence-corrected chi connectivity index (χ3v) is 7.27. The summed E-state index contributed by atoms with van der Waals surface area (Å²) in [4.78, 5) is 0. The first kappa shape index (κ1) is 18.4. The van der Waals surface area contributed by atoms with E-state index in [2.05, 4.69) is 48.5 Å². The van der Waals surface area contributed by atoms with Crippen LogP contribution < -0.4 is 11.5 Å². The molecule has 144 valence electrons. The molecule has 0 radical (unpaired) electrons. The lowest BCUT2D eigenvalue weighted by atomic mass is 9.53. The molecule has 0 bridgehead atoms. The first-order valence-corrected chi connectivity index (χ1v) is 10.9. The average molecular weight is 363 g/mol. The summed E-state index contributed by atoms with van der Waals surface area (Å²) in [5.74, 6) is 1.42. The first-order valence-electron chi connectivity index (χ1n) is 10.9. The van der Waals surface area contributed by atoms with Crippen molar-refractivity contribution in [3.8, 4) is 0 Å². The Hall–Kier alpha value is -1.96. The summed E-state index contributed by atoms with van der Waals surface area (Å²) in [5.41, 5.74) is 16.9. The Kier molecular flexibility index (Phi) is 5.43. The molecule has 2 fully saturated rings. The number of hydrogen-bond donors (Lipinski definition) is 2. The Balaban J connectivity index is 1.91. The number of anilines is 2.